The van der Waals surface area contributed by atoms with Crippen molar-refractivity contribution in [1.29, 1.82) is 0 Å². The van der Waals surface area contributed by atoms with E-state index in [4.69, 9.17) is 9.47 Å². The molecule has 2 aromatic rings. The highest BCUT2D eigenvalue weighted by molar-refractivity contribution is 5.94. The van der Waals surface area contributed by atoms with E-state index in [-0.39, 0.29) is 11.5 Å². The third-order valence-corrected chi connectivity index (χ3v) is 5.04. The normalized spacial score (nSPS) is 14.9. The smallest absolute Gasteiger partial charge is 0.253 e. The van der Waals surface area contributed by atoms with Gasteiger partial charge in [-0.25, -0.2) is 8.78 Å². The Labute approximate surface area is 157 Å². The zero-order valence-electron chi connectivity index (χ0n) is 15.5. The van der Waals surface area contributed by atoms with Gasteiger partial charge in [0.2, 0.25) is 0 Å². The summed E-state index contributed by atoms with van der Waals surface area (Å²) in [6.45, 7) is 1.21. The molecule has 144 valence electrons. The number of likely N-dealkylation sites (tertiary alicyclic amines) is 1. The largest absolute Gasteiger partial charge is 0.493 e. The molecule has 0 N–H and O–H groups in total. The Morgan fingerprint density at radius 1 is 1.00 bits per heavy atom. The van der Waals surface area contributed by atoms with Gasteiger partial charge in [-0.2, -0.15) is 0 Å². The number of rotatable bonds is 5. The van der Waals surface area contributed by atoms with Crippen molar-refractivity contribution in [2.24, 2.45) is 5.92 Å². The van der Waals surface area contributed by atoms with Gasteiger partial charge in [0.05, 0.1) is 14.2 Å². The van der Waals surface area contributed by atoms with E-state index in [1.807, 2.05) is 18.2 Å². The number of hydrogen-bond acceptors (Lipinski definition) is 3. The lowest BCUT2D eigenvalue weighted by atomic mass is 9.90. The summed E-state index contributed by atoms with van der Waals surface area (Å²) in [5.41, 5.74) is 1.35. The van der Waals surface area contributed by atoms with E-state index in [0.717, 1.165) is 37.0 Å². The van der Waals surface area contributed by atoms with Crippen molar-refractivity contribution in [2.45, 2.75) is 19.3 Å². The standard InChI is InChI=1S/C21H23F2NO3/c1-26-19-6-3-15(12-20(19)27-2)11-14-7-9-24(10-8-14)21(25)16-4-5-17(22)18(23)13-16/h3-6,12-14H,7-11H2,1-2H3. The van der Waals surface area contributed by atoms with Gasteiger partial charge < -0.3 is 14.4 Å². The molecule has 0 radical (unpaired) electrons. The first-order chi connectivity index (χ1) is 13.0. The van der Waals surface area contributed by atoms with Crippen LogP contribution in [0.2, 0.25) is 0 Å². The molecule has 0 atom stereocenters. The molecule has 2 aromatic carbocycles. The van der Waals surface area contributed by atoms with E-state index in [1.54, 1.807) is 19.1 Å². The third-order valence-electron chi connectivity index (χ3n) is 5.04. The first kappa shape index (κ1) is 19.1. The lowest BCUT2D eigenvalue weighted by Gasteiger charge is -2.32. The van der Waals surface area contributed by atoms with Gasteiger partial charge in [0.25, 0.3) is 5.91 Å². The van der Waals surface area contributed by atoms with Gasteiger partial charge in [-0.15, -0.1) is 0 Å². The monoisotopic (exact) mass is 375 g/mol. The topological polar surface area (TPSA) is 38.8 Å². The predicted octanol–water partition coefficient (Wildman–Crippen LogP) is 4.08. The molecule has 0 spiro atoms. The van der Waals surface area contributed by atoms with E-state index >= 15 is 0 Å². The lowest BCUT2D eigenvalue weighted by Crippen LogP contribution is -2.39. The van der Waals surface area contributed by atoms with Gasteiger partial charge in [-0.3, -0.25) is 4.79 Å². The highest BCUT2D eigenvalue weighted by atomic mass is 19.2. The average molecular weight is 375 g/mol. The predicted molar refractivity (Wildman–Crippen MR) is 98.2 cm³/mol. The Morgan fingerprint density at radius 2 is 1.70 bits per heavy atom. The van der Waals surface area contributed by atoms with Crippen molar-refractivity contribution >= 4 is 5.91 Å². The summed E-state index contributed by atoms with van der Waals surface area (Å²) in [5, 5.41) is 0. The van der Waals surface area contributed by atoms with Crippen molar-refractivity contribution in [2.75, 3.05) is 27.3 Å². The molecule has 0 saturated carbocycles. The molecule has 0 aromatic heterocycles. The molecular weight excluding hydrogens is 352 g/mol. The summed E-state index contributed by atoms with van der Waals surface area (Å²) in [5.74, 6) is -0.325. The maximum Gasteiger partial charge on any atom is 0.253 e. The first-order valence-corrected chi connectivity index (χ1v) is 8.97. The maximum atomic E-state index is 13.4. The highest BCUT2D eigenvalue weighted by Gasteiger charge is 2.24. The molecule has 0 bridgehead atoms. The summed E-state index contributed by atoms with van der Waals surface area (Å²) in [6, 6.07) is 9.20. The zero-order chi connectivity index (χ0) is 19.4. The molecule has 1 saturated heterocycles. The quantitative estimate of drug-likeness (QED) is 0.791. The summed E-state index contributed by atoms with van der Waals surface area (Å²) in [7, 11) is 3.22. The summed E-state index contributed by atoms with van der Waals surface area (Å²) in [6.07, 6.45) is 2.63. The third kappa shape index (κ3) is 4.38. The van der Waals surface area contributed by atoms with Crippen LogP contribution in [0.15, 0.2) is 36.4 Å². The number of amides is 1. The SMILES string of the molecule is COc1ccc(CC2CCN(C(=O)c3ccc(F)c(F)c3)CC2)cc1OC. The number of methoxy groups -OCH3 is 2. The van der Waals surface area contributed by atoms with Crippen LogP contribution >= 0.6 is 0 Å². The molecular formula is C21H23F2NO3. The van der Waals surface area contributed by atoms with Gasteiger partial charge >= 0.3 is 0 Å². The number of nitrogens with zero attached hydrogens (tertiary/aromatic N) is 1. The van der Waals surface area contributed by atoms with Gasteiger partial charge in [-0.1, -0.05) is 6.07 Å². The number of benzene rings is 2. The van der Waals surface area contributed by atoms with Crippen LogP contribution in [0.25, 0.3) is 0 Å². The fourth-order valence-electron chi connectivity index (χ4n) is 3.49. The van der Waals surface area contributed by atoms with E-state index in [2.05, 4.69) is 0 Å². The van der Waals surface area contributed by atoms with E-state index < -0.39 is 11.6 Å². The molecule has 27 heavy (non-hydrogen) atoms. The molecule has 1 amide bonds. The van der Waals surface area contributed by atoms with Crippen molar-refractivity contribution < 1.29 is 23.0 Å². The van der Waals surface area contributed by atoms with Gasteiger partial charge in [-0.05, 0) is 61.1 Å². The van der Waals surface area contributed by atoms with Crippen molar-refractivity contribution in [3.05, 3.63) is 59.2 Å². The lowest BCUT2D eigenvalue weighted by molar-refractivity contribution is 0.0690. The fourth-order valence-corrected chi connectivity index (χ4v) is 3.49. The van der Waals surface area contributed by atoms with Gasteiger partial charge in [0, 0.05) is 18.7 Å². The summed E-state index contributed by atoms with van der Waals surface area (Å²) < 4.78 is 37.0. The molecule has 1 fully saturated rings. The van der Waals surface area contributed by atoms with Crippen LogP contribution in [0, 0.1) is 17.6 Å². The van der Waals surface area contributed by atoms with Gasteiger partial charge in [0.1, 0.15) is 0 Å². The maximum absolute atomic E-state index is 13.4. The van der Waals surface area contributed by atoms with Crippen LogP contribution in [0.3, 0.4) is 0 Å². The van der Waals surface area contributed by atoms with Crippen molar-refractivity contribution in [1.82, 2.24) is 4.90 Å². The Hall–Kier alpha value is -2.63. The van der Waals surface area contributed by atoms with Crippen LogP contribution in [0.5, 0.6) is 11.5 Å². The fraction of sp³-hybridized carbons (Fsp3) is 0.381. The Kier molecular flexibility index (Phi) is 5.94. The second-order valence-electron chi connectivity index (χ2n) is 6.76. The zero-order valence-corrected chi connectivity index (χ0v) is 15.5. The van der Waals surface area contributed by atoms with E-state index in [0.29, 0.717) is 30.5 Å². The first-order valence-electron chi connectivity index (χ1n) is 8.97. The number of hydrogen-bond donors (Lipinski definition) is 0. The Morgan fingerprint density at radius 3 is 2.33 bits per heavy atom. The molecule has 3 rings (SSSR count). The minimum absolute atomic E-state index is 0.187. The average Bonchev–Trinajstić information content (AvgIpc) is 2.70. The number of carbonyl (C=O) groups is 1. The second kappa shape index (κ2) is 8.37. The minimum Gasteiger partial charge on any atom is -0.493 e. The van der Waals surface area contributed by atoms with Crippen LogP contribution in [-0.2, 0) is 6.42 Å². The van der Waals surface area contributed by atoms with Crippen molar-refractivity contribution in [3.63, 3.8) is 0 Å². The minimum atomic E-state index is -0.996. The van der Waals surface area contributed by atoms with Crippen LogP contribution in [0.4, 0.5) is 8.78 Å². The molecule has 1 aliphatic heterocycles. The molecule has 6 heteroatoms. The van der Waals surface area contributed by atoms with Crippen LogP contribution < -0.4 is 9.47 Å². The molecule has 0 aliphatic carbocycles. The molecule has 1 aliphatic rings. The Balaban J connectivity index is 1.58. The summed E-state index contributed by atoms with van der Waals surface area (Å²) >= 11 is 0. The number of piperidine rings is 1. The molecule has 4 nitrogen and oxygen atoms in total. The second-order valence-corrected chi connectivity index (χ2v) is 6.76. The summed E-state index contributed by atoms with van der Waals surface area (Å²) in [4.78, 5) is 14.2. The van der Waals surface area contributed by atoms with E-state index in [9.17, 15) is 13.6 Å². The molecule has 1 heterocycles. The van der Waals surface area contributed by atoms with Crippen LogP contribution in [-0.4, -0.2) is 38.1 Å². The van der Waals surface area contributed by atoms with Crippen molar-refractivity contribution in [3.8, 4) is 11.5 Å². The highest BCUT2D eigenvalue weighted by Crippen LogP contribution is 2.30. The number of ether oxygens (including phenoxy) is 2. The van der Waals surface area contributed by atoms with Gasteiger partial charge in [0.15, 0.2) is 23.1 Å². The van der Waals surface area contributed by atoms with Crippen LogP contribution in [0.1, 0.15) is 28.8 Å². The van der Waals surface area contributed by atoms with E-state index in [1.165, 1.54) is 6.07 Å². The number of carbonyl (C=O) groups excluding carboxylic acids is 1. The number of halogens is 2. The Bertz CT molecular complexity index is 817. The molecule has 0 unspecified atom stereocenters.